The molecule has 1 aliphatic rings. The van der Waals surface area contributed by atoms with Crippen molar-refractivity contribution in [1.29, 1.82) is 5.41 Å². The quantitative estimate of drug-likeness (QED) is 0.791. The summed E-state index contributed by atoms with van der Waals surface area (Å²) in [5.41, 5.74) is -0.0668. The number of hydrogen-bond donors (Lipinski definition) is 3. The van der Waals surface area contributed by atoms with Crippen LogP contribution in [0.15, 0.2) is 28.8 Å². The molecule has 0 aliphatic carbocycles. The molecule has 7 heteroatoms. The van der Waals surface area contributed by atoms with Crippen LogP contribution >= 0.6 is 0 Å². The number of nitrogens with zero attached hydrogens (tertiary/aromatic N) is 2. The Morgan fingerprint density at radius 3 is 2.82 bits per heavy atom. The van der Waals surface area contributed by atoms with Gasteiger partial charge in [-0.2, -0.15) is 0 Å². The van der Waals surface area contributed by atoms with E-state index in [9.17, 15) is 14.3 Å². The van der Waals surface area contributed by atoms with Crippen molar-refractivity contribution < 1.29 is 9.50 Å². The highest BCUT2D eigenvalue weighted by molar-refractivity contribution is 6.22. The molecule has 0 radical (unpaired) electrons. The fraction of sp³-hybridized carbons (Fsp3) is 0.267. The van der Waals surface area contributed by atoms with Gasteiger partial charge >= 0.3 is 0 Å². The summed E-state index contributed by atoms with van der Waals surface area (Å²) in [6.45, 7) is 3.99. The average Bonchev–Trinajstić information content (AvgIpc) is 2.73. The van der Waals surface area contributed by atoms with Crippen molar-refractivity contribution >= 4 is 22.3 Å². The number of H-pyrrole nitrogens is 1. The number of nitrogens with one attached hydrogen (secondary N) is 2. The van der Waals surface area contributed by atoms with Crippen LogP contribution in [0.25, 0.3) is 16.5 Å². The summed E-state index contributed by atoms with van der Waals surface area (Å²) in [6, 6.07) is 3.73. The first-order valence-electron chi connectivity index (χ1n) is 6.86. The van der Waals surface area contributed by atoms with Crippen LogP contribution in [0.5, 0.6) is 0 Å². The van der Waals surface area contributed by atoms with Gasteiger partial charge in [0.25, 0.3) is 5.56 Å². The van der Waals surface area contributed by atoms with Crippen LogP contribution in [0.2, 0.25) is 0 Å². The van der Waals surface area contributed by atoms with Gasteiger partial charge in [-0.15, -0.1) is 0 Å². The molecule has 3 rings (SSSR count). The molecule has 0 saturated carbocycles. The smallest absolute Gasteiger partial charge is 0.259 e. The lowest BCUT2D eigenvalue weighted by Crippen LogP contribution is -2.33. The number of aromatic nitrogens is 2. The first-order valence-corrected chi connectivity index (χ1v) is 6.86. The van der Waals surface area contributed by atoms with Gasteiger partial charge in [0.1, 0.15) is 23.2 Å². The number of hydrogen-bond acceptors (Lipinski definition) is 4. The first-order chi connectivity index (χ1) is 10.4. The van der Waals surface area contributed by atoms with Crippen LogP contribution in [0.1, 0.15) is 19.7 Å². The number of aliphatic hydroxyl groups is 1. The number of aromatic amines is 1. The molecule has 114 valence electrons. The van der Waals surface area contributed by atoms with Crippen LogP contribution in [-0.2, 0) is 0 Å². The van der Waals surface area contributed by atoms with Crippen molar-refractivity contribution in [2.24, 2.45) is 0 Å². The van der Waals surface area contributed by atoms with E-state index in [0.717, 1.165) is 6.07 Å². The summed E-state index contributed by atoms with van der Waals surface area (Å²) >= 11 is 0. The Kier molecular flexibility index (Phi) is 3.20. The molecular weight excluding hydrogens is 287 g/mol. The van der Waals surface area contributed by atoms with Gasteiger partial charge in [0.05, 0.1) is 23.0 Å². The predicted molar refractivity (Wildman–Crippen MR) is 81.4 cm³/mol. The maximum absolute atomic E-state index is 13.3. The minimum absolute atomic E-state index is 0.0248. The molecule has 0 saturated heterocycles. The van der Waals surface area contributed by atoms with Crippen LogP contribution in [-0.4, -0.2) is 38.4 Å². The molecule has 0 unspecified atom stereocenters. The number of fused-ring (bicyclic) bond motifs is 1. The molecule has 2 aromatic rings. The molecule has 0 spiro atoms. The molecule has 6 nitrogen and oxygen atoms in total. The third kappa shape index (κ3) is 2.14. The van der Waals surface area contributed by atoms with E-state index < -0.39 is 11.4 Å². The Hall–Kier alpha value is -2.70. The van der Waals surface area contributed by atoms with Crippen molar-refractivity contribution in [3.8, 4) is 0 Å². The van der Waals surface area contributed by atoms with Gasteiger partial charge in [-0.3, -0.25) is 10.2 Å². The Balaban J connectivity index is 2.17. The summed E-state index contributed by atoms with van der Waals surface area (Å²) in [5, 5.41) is 18.5. The summed E-state index contributed by atoms with van der Waals surface area (Å²) in [7, 11) is 0. The Bertz CT molecular complexity index is 869. The highest BCUT2D eigenvalue weighted by Crippen LogP contribution is 2.26. The van der Waals surface area contributed by atoms with Gasteiger partial charge < -0.3 is 15.0 Å². The number of rotatable bonds is 2. The number of benzene rings is 1. The predicted octanol–water partition coefficient (Wildman–Crippen LogP) is 2.03. The second-order valence-electron chi connectivity index (χ2n) is 5.47. The molecule has 0 atom stereocenters. The number of aliphatic hydroxyl groups excluding tert-OH is 1. The van der Waals surface area contributed by atoms with Crippen LogP contribution in [0.3, 0.4) is 0 Å². The van der Waals surface area contributed by atoms with Gasteiger partial charge in [0.15, 0.2) is 0 Å². The Morgan fingerprint density at radius 1 is 1.45 bits per heavy atom. The van der Waals surface area contributed by atoms with E-state index >= 15 is 0 Å². The van der Waals surface area contributed by atoms with Crippen molar-refractivity contribution in [2.45, 2.75) is 19.9 Å². The molecule has 0 fully saturated rings. The third-order valence-electron chi connectivity index (χ3n) is 3.66. The molecule has 22 heavy (non-hydrogen) atoms. The van der Waals surface area contributed by atoms with E-state index in [0.29, 0.717) is 0 Å². The topological polar surface area (TPSA) is 93.1 Å². The summed E-state index contributed by atoms with van der Waals surface area (Å²) < 4.78 is 13.3. The van der Waals surface area contributed by atoms with Crippen molar-refractivity contribution in [3.63, 3.8) is 0 Å². The van der Waals surface area contributed by atoms with Gasteiger partial charge in [-0.1, -0.05) is 0 Å². The Morgan fingerprint density at radius 2 is 2.18 bits per heavy atom. The van der Waals surface area contributed by atoms with E-state index in [1.807, 2.05) is 13.8 Å². The normalized spacial score (nSPS) is 15.5. The largest absolute Gasteiger partial charge is 0.510 e. The lowest BCUT2D eigenvalue weighted by Gasteiger charge is -2.22. The van der Waals surface area contributed by atoms with E-state index in [2.05, 4.69) is 9.97 Å². The molecule has 1 aromatic carbocycles. The summed E-state index contributed by atoms with van der Waals surface area (Å²) in [4.78, 5) is 20.5. The summed E-state index contributed by atoms with van der Waals surface area (Å²) in [6.07, 6.45) is 0. The minimum Gasteiger partial charge on any atom is -0.510 e. The SMILES string of the molecule is CC(C)N1CC(O)=C(c2nc3cc(F)ccc3c(=O)[nH]2)C1=N. The Labute approximate surface area is 125 Å². The van der Waals surface area contributed by atoms with E-state index in [1.165, 1.54) is 12.1 Å². The highest BCUT2D eigenvalue weighted by Gasteiger charge is 2.31. The minimum atomic E-state index is -0.500. The van der Waals surface area contributed by atoms with Gasteiger partial charge in [0, 0.05) is 12.1 Å². The van der Waals surface area contributed by atoms with E-state index in [-0.39, 0.29) is 46.5 Å². The van der Waals surface area contributed by atoms with E-state index in [1.54, 1.807) is 4.90 Å². The molecule has 1 aliphatic heterocycles. The van der Waals surface area contributed by atoms with Crippen molar-refractivity contribution in [3.05, 3.63) is 46.0 Å². The lowest BCUT2D eigenvalue weighted by atomic mass is 10.2. The zero-order valence-electron chi connectivity index (χ0n) is 12.1. The number of halogens is 1. The molecule has 3 N–H and O–H groups in total. The second-order valence-corrected chi connectivity index (χ2v) is 5.47. The second kappa shape index (κ2) is 4.94. The standard InChI is InChI=1S/C15H15FN4O2/c1-7(2)20-6-11(21)12(13(20)17)14-18-10-5-8(16)3-4-9(10)15(22)19-14/h3-5,7,17,21H,6H2,1-2H3,(H,18,19,22). The first kappa shape index (κ1) is 14.2. The van der Waals surface area contributed by atoms with Crippen LogP contribution in [0, 0.1) is 11.2 Å². The fourth-order valence-corrected chi connectivity index (χ4v) is 2.52. The summed E-state index contributed by atoms with van der Waals surface area (Å²) in [5.74, 6) is -0.363. The van der Waals surface area contributed by atoms with Gasteiger partial charge in [0.2, 0.25) is 0 Å². The van der Waals surface area contributed by atoms with Crippen molar-refractivity contribution in [2.75, 3.05) is 6.54 Å². The average molecular weight is 302 g/mol. The molecule has 1 aromatic heterocycles. The zero-order valence-corrected chi connectivity index (χ0v) is 12.1. The van der Waals surface area contributed by atoms with Gasteiger partial charge in [-0.05, 0) is 26.0 Å². The zero-order chi connectivity index (χ0) is 16.0. The molecule has 0 bridgehead atoms. The van der Waals surface area contributed by atoms with Crippen LogP contribution < -0.4 is 5.56 Å². The maximum Gasteiger partial charge on any atom is 0.259 e. The highest BCUT2D eigenvalue weighted by atomic mass is 19.1. The number of amidine groups is 1. The molecular formula is C15H15FN4O2. The fourth-order valence-electron chi connectivity index (χ4n) is 2.52. The van der Waals surface area contributed by atoms with E-state index in [4.69, 9.17) is 5.41 Å². The van der Waals surface area contributed by atoms with Gasteiger partial charge in [-0.25, -0.2) is 9.37 Å². The maximum atomic E-state index is 13.3. The third-order valence-corrected chi connectivity index (χ3v) is 3.66. The molecule has 0 amide bonds. The van der Waals surface area contributed by atoms with Crippen LogP contribution in [0.4, 0.5) is 4.39 Å². The van der Waals surface area contributed by atoms with Crippen molar-refractivity contribution in [1.82, 2.24) is 14.9 Å². The lowest BCUT2D eigenvalue weighted by molar-refractivity contribution is 0.318. The monoisotopic (exact) mass is 302 g/mol. The molecule has 2 heterocycles.